The van der Waals surface area contributed by atoms with E-state index in [1.807, 2.05) is 13.7 Å². The molecule has 3 nitrogen and oxygen atoms in total. The molecule has 1 rings (SSSR count). The maximum Gasteiger partial charge on any atom is 0.256 e. The van der Waals surface area contributed by atoms with Gasteiger partial charge in [-0.1, -0.05) is 26.5 Å². The molecular formula is C14H19BF3NO2. The molecule has 0 aliphatic heterocycles. The number of methoxy groups -OCH3 is 1. The summed E-state index contributed by atoms with van der Waals surface area (Å²) in [6.45, 7) is 3.01. The smallest absolute Gasteiger partial charge is 0.256 e. The summed E-state index contributed by atoms with van der Waals surface area (Å²) in [4.78, 5) is 11.9. The van der Waals surface area contributed by atoms with Crippen molar-refractivity contribution < 1.29 is 22.7 Å². The van der Waals surface area contributed by atoms with Crippen molar-refractivity contribution in [1.29, 1.82) is 0 Å². The van der Waals surface area contributed by atoms with Gasteiger partial charge in [0, 0.05) is 6.07 Å². The first-order chi connectivity index (χ1) is 9.94. The van der Waals surface area contributed by atoms with Gasteiger partial charge in [0.1, 0.15) is 11.6 Å². The third kappa shape index (κ3) is 4.41. The van der Waals surface area contributed by atoms with Gasteiger partial charge in [-0.2, -0.15) is 0 Å². The number of rotatable bonds is 8. The number of carbonyl (C=O) groups is 1. The van der Waals surface area contributed by atoms with Gasteiger partial charge in [0.2, 0.25) is 6.41 Å². The van der Waals surface area contributed by atoms with Gasteiger partial charge in [0.25, 0.3) is 6.43 Å². The highest BCUT2D eigenvalue weighted by atomic mass is 19.3. The zero-order chi connectivity index (χ0) is 16.0. The second-order valence-electron chi connectivity index (χ2n) is 4.88. The minimum atomic E-state index is -2.68. The number of nitrogens with zero attached hydrogens (tertiary/aromatic N) is 1. The number of hydrogen-bond donors (Lipinski definition) is 0. The molecule has 0 unspecified atom stereocenters. The largest absolute Gasteiger partial charge is 0.494 e. The summed E-state index contributed by atoms with van der Waals surface area (Å²) < 4.78 is 44.2. The lowest BCUT2D eigenvalue weighted by molar-refractivity contribution is -0.107. The van der Waals surface area contributed by atoms with Gasteiger partial charge in [-0.15, -0.1) is 0 Å². The maximum atomic E-state index is 14.1. The molecule has 0 radical (unpaired) electrons. The molecule has 0 aromatic heterocycles. The van der Waals surface area contributed by atoms with E-state index >= 15 is 0 Å². The third-order valence-corrected chi connectivity index (χ3v) is 3.32. The Hall–Kier alpha value is -1.66. The molecule has 0 fully saturated rings. The van der Waals surface area contributed by atoms with E-state index in [4.69, 9.17) is 4.74 Å². The Kier molecular flexibility index (Phi) is 6.59. The van der Waals surface area contributed by atoms with E-state index < -0.39 is 18.8 Å². The van der Waals surface area contributed by atoms with Gasteiger partial charge in [-0.3, -0.25) is 4.79 Å². The summed E-state index contributed by atoms with van der Waals surface area (Å²) in [5.41, 5.74) is 0.556. The minimum Gasteiger partial charge on any atom is -0.494 e. The highest BCUT2D eigenvalue weighted by Crippen LogP contribution is 2.28. The van der Waals surface area contributed by atoms with Crippen LogP contribution in [0.4, 0.5) is 18.9 Å². The average molecular weight is 301 g/mol. The fourth-order valence-electron chi connectivity index (χ4n) is 2.26. The lowest BCUT2D eigenvalue weighted by atomic mass is 9.44. The first kappa shape index (κ1) is 17.4. The number of carbonyl (C=O) groups excluding carboxylic acids is 1. The lowest BCUT2D eigenvalue weighted by Crippen LogP contribution is -2.33. The van der Waals surface area contributed by atoms with Gasteiger partial charge >= 0.3 is 0 Å². The molecule has 21 heavy (non-hydrogen) atoms. The summed E-state index contributed by atoms with van der Waals surface area (Å²) in [5.74, 6) is -0.396. The SMILES string of the molecule is CCCB(C)c1cc(N(C=O)CC(F)F)c(OC)cc1F. The summed E-state index contributed by atoms with van der Waals surface area (Å²) >= 11 is 0. The van der Waals surface area contributed by atoms with Crippen molar-refractivity contribution in [1.82, 2.24) is 0 Å². The summed E-state index contributed by atoms with van der Waals surface area (Å²) in [6.07, 6.45) is -0.743. The molecule has 7 heteroatoms. The average Bonchev–Trinajstić information content (AvgIpc) is 2.44. The van der Waals surface area contributed by atoms with Crippen LogP contribution in [-0.2, 0) is 4.79 Å². The van der Waals surface area contributed by atoms with Gasteiger partial charge in [-0.25, -0.2) is 13.2 Å². The molecular weight excluding hydrogens is 282 g/mol. The highest BCUT2D eigenvalue weighted by Gasteiger charge is 2.22. The molecule has 0 heterocycles. The van der Waals surface area contributed by atoms with Crippen LogP contribution in [0.15, 0.2) is 12.1 Å². The van der Waals surface area contributed by atoms with E-state index in [0.717, 1.165) is 23.7 Å². The summed E-state index contributed by atoms with van der Waals surface area (Å²) in [5, 5.41) is 0. The second-order valence-corrected chi connectivity index (χ2v) is 4.88. The van der Waals surface area contributed by atoms with Crippen molar-refractivity contribution in [3.05, 3.63) is 17.9 Å². The molecule has 0 bridgehead atoms. The van der Waals surface area contributed by atoms with Gasteiger partial charge in [0.05, 0.1) is 19.3 Å². The van der Waals surface area contributed by atoms with Gasteiger partial charge in [-0.05, 0) is 11.5 Å². The Labute approximate surface area is 123 Å². The molecule has 0 atom stereocenters. The zero-order valence-electron chi connectivity index (χ0n) is 12.4. The fourth-order valence-corrected chi connectivity index (χ4v) is 2.26. The predicted octanol–water partition coefficient (Wildman–Crippen LogP) is 2.80. The van der Waals surface area contributed by atoms with Crippen molar-refractivity contribution in [3.63, 3.8) is 0 Å². The maximum absolute atomic E-state index is 14.1. The predicted molar refractivity (Wildman–Crippen MR) is 78.7 cm³/mol. The molecule has 0 aliphatic rings. The Morgan fingerprint density at radius 2 is 2.10 bits per heavy atom. The number of anilines is 1. The fraction of sp³-hybridized carbons (Fsp3) is 0.500. The number of benzene rings is 1. The van der Waals surface area contributed by atoms with Crippen LogP contribution in [0.5, 0.6) is 5.75 Å². The van der Waals surface area contributed by atoms with E-state index in [-0.39, 0.29) is 18.1 Å². The summed E-state index contributed by atoms with van der Waals surface area (Å²) in [7, 11) is 1.30. The monoisotopic (exact) mass is 301 g/mol. The van der Waals surface area contributed by atoms with E-state index in [1.165, 1.54) is 13.2 Å². The number of hydrogen-bond acceptors (Lipinski definition) is 2. The molecule has 0 saturated carbocycles. The molecule has 116 valence electrons. The first-order valence-electron chi connectivity index (χ1n) is 6.82. The number of ether oxygens (including phenoxy) is 1. The van der Waals surface area contributed by atoms with Crippen LogP contribution < -0.4 is 15.1 Å². The number of amides is 1. The van der Waals surface area contributed by atoms with E-state index in [1.54, 1.807) is 0 Å². The Balaban J connectivity index is 3.27. The lowest BCUT2D eigenvalue weighted by Gasteiger charge is -2.22. The molecule has 1 aromatic carbocycles. The topological polar surface area (TPSA) is 29.5 Å². The second kappa shape index (κ2) is 7.95. The Morgan fingerprint density at radius 3 is 2.57 bits per heavy atom. The number of alkyl halides is 2. The Morgan fingerprint density at radius 1 is 1.43 bits per heavy atom. The summed E-state index contributed by atoms with van der Waals surface area (Å²) in [6, 6.07) is 2.56. The van der Waals surface area contributed by atoms with E-state index in [0.29, 0.717) is 11.9 Å². The first-order valence-corrected chi connectivity index (χ1v) is 6.82. The van der Waals surface area contributed by atoms with Gasteiger partial charge < -0.3 is 9.64 Å². The third-order valence-electron chi connectivity index (χ3n) is 3.32. The van der Waals surface area contributed by atoms with E-state index in [9.17, 15) is 18.0 Å². The van der Waals surface area contributed by atoms with Crippen molar-refractivity contribution in [2.75, 3.05) is 18.6 Å². The quantitative estimate of drug-likeness (QED) is 0.546. The van der Waals surface area contributed by atoms with Crippen LogP contribution in [0.3, 0.4) is 0 Å². The highest BCUT2D eigenvalue weighted by molar-refractivity contribution is 6.72. The van der Waals surface area contributed by atoms with Crippen LogP contribution >= 0.6 is 0 Å². The van der Waals surface area contributed by atoms with Crippen LogP contribution in [0.1, 0.15) is 13.3 Å². The van der Waals surface area contributed by atoms with Crippen molar-refractivity contribution in [3.8, 4) is 5.75 Å². The van der Waals surface area contributed by atoms with Crippen LogP contribution in [0, 0.1) is 5.82 Å². The zero-order valence-corrected chi connectivity index (χ0v) is 12.4. The van der Waals surface area contributed by atoms with Crippen molar-refractivity contribution in [2.24, 2.45) is 0 Å². The van der Waals surface area contributed by atoms with Crippen molar-refractivity contribution in [2.45, 2.75) is 32.9 Å². The molecule has 0 spiro atoms. The Bertz CT molecular complexity index is 486. The molecule has 0 N–H and O–H groups in total. The standard InChI is InChI=1S/C14H19BF3NO2/c1-4-5-15(2)10-6-12(13(21-3)7-11(10)16)19(9-20)8-14(17)18/h6-7,9,14H,4-5,8H2,1-3H3. The minimum absolute atomic E-state index is 0.0627. The number of halogens is 3. The normalized spacial score (nSPS) is 10.6. The molecule has 0 saturated heterocycles. The molecule has 1 aromatic rings. The van der Waals surface area contributed by atoms with Crippen LogP contribution in [-0.4, -0.2) is 33.2 Å². The molecule has 1 amide bonds. The van der Waals surface area contributed by atoms with E-state index in [2.05, 4.69) is 0 Å². The van der Waals surface area contributed by atoms with Crippen LogP contribution in [0.2, 0.25) is 13.1 Å². The van der Waals surface area contributed by atoms with Gasteiger partial charge in [0.15, 0.2) is 6.71 Å². The molecule has 0 aliphatic carbocycles. The van der Waals surface area contributed by atoms with Crippen LogP contribution in [0.25, 0.3) is 0 Å². The van der Waals surface area contributed by atoms with Crippen molar-refractivity contribution >= 4 is 24.3 Å².